The summed E-state index contributed by atoms with van der Waals surface area (Å²) in [6.07, 6.45) is 3.52. The van der Waals surface area contributed by atoms with Gasteiger partial charge in [0.15, 0.2) is 0 Å². The molecule has 0 aliphatic carbocycles. The van der Waals surface area contributed by atoms with E-state index in [1.165, 1.54) is 0 Å². The molecule has 3 rings (SSSR count). The molecule has 116 valence electrons. The first-order valence-corrected chi connectivity index (χ1v) is 6.94. The second-order valence-electron chi connectivity index (χ2n) is 5.02. The third kappa shape index (κ3) is 3.79. The van der Waals surface area contributed by atoms with Gasteiger partial charge in [0.1, 0.15) is 11.6 Å². The van der Waals surface area contributed by atoms with Gasteiger partial charge in [-0.05, 0) is 35.9 Å². The number of halogens is 2. The minimum absolute atomic E-state index is 0.0695. The first-order valence-electron chi connectivity index (χ1n) is 6.94. The summed E-state index contributed by atoms with van der Waals surface area (Å²) in [5.41, 5.74) is 1.42. The van der Waals surface area contributed by atoms with Gasteiger partial charge >= 0.3 is 0 Å². The zero-order valence-electron chi connectivity index (χ0n) is 12.0. The van der Waals surface area contributed by atoms with Gasteiger partial charge in [-0.15, -0.1) is 0 Å². The number of aromatic nitrogens is 2. The van der Waals surface area contributed by atoms with Crippen LogP contribution in [-0.2, 0) is 6.54 Å². The first-order chi connectivity index (χ1) is 11.1. The monoisotopic (exact) mass is 313 g/mol. The topological polar surface area (TPSA) is 46.9 Å². The predicted molar refractivity (Wildman–Crippen MR) is 82.1 cm³/mol. The van der Waals surface area contributed by atoms with Crippen LogP contribution in [-0.4, -0.2) is 15.7 Å². The molecular weight excluding hydrogens is 300 g/mol. The third-order valence-electron chi connectivity index (χ3n) is 3.21. The average Bonchev–Trinajstić information content (AvgIpc) is 2.99. The summed E-state index contributed by atoms with van der Waals surface area (Å²) < 4.78 is 28.1. The Morgan fingerprint density at radius 2 is 1.87 bits per heavy atom. The maximum Gasteiger partial charge on any atom is 0.255 e. The Kier molecular flexibility index (Phi) is 4.14. The summed E-state index contributed by atoms with van der Waals surface area (Å²) in [4.78, 5) is 12.1. The van der Waals surface area contributed by atoms with E-state index in [1.807, 2.05) is 18.3 Å². The van der Waals surface area contributed by atoms with E-state index >= 15 is 0 Å². The van der Waals surface area contributed by atoms with Gasteiger partial charge in [-0.1, -0.05) is 12.1 Å². The SMILES string of the molecule is O=C(Nc1cccc(Cn2cccn2)c1)c1cc(F)cc(F)c1. The highest BCUT2D eigenvalue weighted by molar-refractivity contribution is 6.04. The van der Waals surface area contributed by atoms with E-state index in [0.29, 0.717) is 12.2 Å². The van der Waals surface area contributed by atoms with Crippen molar-refractivity contribution in [2.75, 3.05) is 5.32 Å². The van der Waals surface area contributed by atoms with Crippen LogP contribution >= 0.6 is 0 Å². The van der Waals surface area contributed by atoms with Crippen LogP contribution < -0.4 is 5.32 Å². The molecule has 0 saturated heterocycles. The number of hydrogen-bond donors (Lipinski definition) is 1. The minimum Gasteiger partial charge on any atom is -0.322 e. The number of benzene rings is 2. The molecule has 0 atom stereocenters. The number of anilines is 1. The van der Waals surface area contributed by atoms with Gasteiger partial charge in [0.05, 0.1) is 6.54 Å². The minimum atomic E-state index is -0.789. The summed E-state index contributed by atoms with van der Waals surface area (Å²) in [5, 5.41) is 6.75. The summed E-state index contributed by atoms with van der Waals surface area (Å²) in [7, 11) is 0. The Hall–Kier alpha value is -3.02. The molecule has 1 aromatic heterocycles. The lowest BCUT2D eigenvalue weighted by molar-refractivity contribution is 0.102. The number of rotatable bonds is 4. The van der Waals surface area contributed by atoms with Crippen molar-refractivity contribution >= 4 is 11.6 Å². The molecule has 0 fully saturated rings. The molecule has 2 aromatic carbocycles. The van der Waals surface area contributed by atoms with E-state index in [2.05, 4.69) is 10.4 Å². The summed E-state index contributed by atoms with van der Waals surface area (Å²) in [6.45, 7) is 0.561. The average molecular weight is 313 g/mol. The Morgan fingerprint density at radius 1 is 1.09 bits per heavy atom. The molecule has 1 amide bonds. The molecule has 3 aromatic rings. The highest BCUT2D eigenvalue weighted by atomic mass is 19.1. The van der Waals surface area contributed by atoms with Crippen molar-refractivity contribution < 1.29 is 13.6 Å². The number of hydrogen-bond acceptors (Lipinski definition) is 2. The number of carbonyl (C=O) groups is 1. The second-order valence-corrected chi connectivity index (χ2v) is 5.02. The fourth-order valence-corrected chi connectivity index (χ4v) is 2.22. The Labute approximate surface area is 131 Å². The predicted octanol–water partition coefficient (Wildman–Crippen LogP) is 3.46. The highest BCUT2D eigenvalue weighted by Crippen LogP contribution is 2.14. The fourth-order valence-electron chi connectivity index (χ4n) is 2.22. The quantitative estimate of drug-likeness (QED) is 0.802. The third-order valence-corrected chi connectivity index (χ3v) is 3.21. The Morgan fingerprint density at radius 3 is 2.57 bits per heavy atom. The highest BCUT2D eigenvalue weighted by Gasteiger charge is 2.10. The lowest BCUT2D eigenvalue weighted by Crippen LogP contribution is -2.13. The molecule has 0 unspecified atom stereocenters. The van der Waals surface area contributed by atoms with Gasteiger partial charge < -0.3 is 5.32 Å². The molecule has 0 bridgehead atoms. The molecular formula is C17H13F2N3O. The van der Waals surface area contributed by atoms with Gasteiger partial charge in [-0.3, -0.25) is 9.48 Å². The molecule has 0 spiro atoms. The second kappa shape index (κ2) is 6.39. The van der Waals surface area contributed by atoms with Crippen molar-refractivity contribution in [3.05, 3.63) is 83.7 Å². The number of amides is 1. The van der Waals surface area contributed by atoms with Gasteiger partial charge in [0.2, 0.25) is 0 Å². The zero-order chi connectivity index (χ0) is 16.2. The van der Waals surface area contributed by atoms with Crippen molar-refractivity contribution in [1.29, 1.82) is 0 Å². The van der Waals surface area contributed by atoms with Crippen LogP contribution in [0.15, 0.2) is 60.9 Å². The maximum atomic E-state index is 13.2. The Bertz CT molecular complexity index is 811. The van der Waals surface area contributed by atoms with E-state index in [0.717, 1.165) is 23.8 Å². The van der Waals surface area contributed by atoms with E-state index < -0.39 is 17.5 Å². The molecule has 0 radical (unpaired) electrons. The zero-order valence-corrected chi connectivity index (χ0v) is 12.0. The van der Waals surface area contributed by atoms with E-state index in [9.17, 15) is 13.6 Å². The summed E-state index contributed by atoms with van der Waals surface area (Å²) >= 11 is 0. The molecule has 4 nitrogen and oxygen atoms in total. The molecule has 0 saturated carbocycles. The van der Waals surface area contributed by atoms with Crippen LogP contribution in [0.1, 0.15) is 15.9 Å². The number of carbonyl (C=O) groups excluding carboxylic acids is 1. The van der Waals surface area contributed by atoms with Crippen LogP contribution in [0.25, 0.3) is 0 Å². The van der Waals surface area contributed by atoms with Crippen molar-refractivity contribution in [2.45, 2.75) is 6.54 Å². The van der Waals surface area contributed by atoms with Crippen LogP contribution in [0.3, 0.4) is 0 Å². The number of nitrogens with zero attached hydrogens (tertiary/aromatic N) is 2. The van der Waals surface area contributed by atoms with Gasteiger partial charge in [0, 0.05) is 29.7 Å². The van der Waals surface area contributed by atoms with Crippen LogP contribution in [0.4, 0.5) is 14.5 Å². The largest absolute Gasteiger partial charge is 0.322 e. The van der Waals surface area contributed by atoms with E-state index in [-0.39, 0.29) is 5.56 Å². The summed E-state index contributed by atoms with van der Waals surface area (Å²) in [6, 6.07) is 11.7. The van der Waals surface area contributed by atoms with Gasteiger partial charge in [0.25, 0.3) is 5.91 Å². The van der Waals surface area contributed by atoms with Crippen LogP contribution in [0.5, 0.6) is 0 Å². The lowest BCUT2D eigenvalue weighted by atomic mass is 10.1. The molecule has 1 N–H and O–H groups in total. The van der Waals surface area contributed by atoms with Gasteiger partial charge in [-0.2, -0.15) is 5.10 Å². The van der Waals surface area contributed by atoms with Crippen molar-refractivity contribution in [1.82, 2.24) is 9.78 Å². The number of nitrogens with one attached hydrogen (secondary N) is 1. The molecule has 1 heterocycles. The lowest BCUT2D eigenvalue weighted by Gasteiger charge is -2.08. The van der Waals surface area contributed by atoms with E-state index in [1.54, 1.807) is 29.1 Å². The van der Waals surface area contributed by atoms with E-state index in [4.69, 9.17) is 0 Å². The van der Waals surface area contributed by atoms with Crippen molar-refractivity contribution in [3.8, 4) is 0 Å². The van der Waals surface area contributed by atoms with Crippen LogP contribution in [0.2, 0.25) is 0 Å². The summed E-state index contributed by atoms with van der Waals surface area (Å²) in [5.74, 6) is -2.15. The Balaban J connectivity index is 1.75. The van der Waals surface area contributed by atoms with Gasteiger partial charge in [-0.25, -0.2) is 8.78 Å². The smallest absolute Gasteiger partial charge is 0.255 e. The van der Waals surface area contributed by atoms with Crippen LogP contribution in [0, 0.1) is 11.6 Å². The fraction of sp³-hybridized carbons (Fsp3) is 0.0588. The molecule has 23 heavy (non-hydrogen) atoms. The molecule has 0 aliphatic rings. The first kappa shape index (κ1) is 14.9. The molecule has 6 heteroatoms. The normalized spacial score (nSPS) is 10.5. The van der Waals surface area contributed by atoms with Crippen molar-refractivity contribution in [3.63, 3.8) is 0 Å². The standard InChI is InChI=1S/C17H13F2N3O/c18-14-8-13(9-15(19)10-14)17(23)21-16-4-1-3-12(7-16)11-22-6-2-5-20-22/h1-10H,11H2,(H,21,23). The maximum absolute atomic E-state index is 13.2. The molecule has 0 aliphatic heterocycles. The van der Waals surface area contributed by atoms with Crippen molar-refractivity contribution in [2.24, 2.45) is 0 Å².